The van der Waals surface area contributed by atoms with Crippen molar-refractivity contribution in [1.82, 2.24) is 4.90 Å². The maximum Gasteiger partial charge on any atom is 0.450 e. The monoisotopic (exact) mass is 697 g/mol. The molecule has 0 bridgehead atoms. The van der Waals surface area contributed by atoms with Gasteiger partial charge in [-0.3, -0.25) is 38.5 Å². The number of halogens is 3. The minimum Gasteiger partial charge on any atom is -0.507 e. The van der Waals surface area contributed by atoms with Gasteiger partial charge in [0.05, 0.1) is 17.5 Å². The number of aliphatic hydroxyl groups is 1. The predicted octanol–water partition coefficient (Wildman–Crippen LogP) is 2.02. The van der Waals surface area contributed by atoms with Crippen molar-refractivity contribution >= 4 is 46.4 Å². The van der Waals surface area contributed by atoms with E-state index in [0.717, 1.165) is 0 Å². The SMILES string of the molecule is CN(C)[C@H]1C(=O)C(C(N)=O)C(=O)[C@]2(O)C(=O)C3C(=O)c4c(O)ccc(-c5ccc(NC(=O)C6CCCC6C(=O)C(F)(F)F)cc5)c4C[C@@H]3C[C@H]12. The van der Waals surface area contributed by atoms with Gasteiger partial charge < -0.3 is 21.3 Å². The molecule has 0 heterocycles. The zero-order valence-electron chi connectivity index (χ0n) is 27.0. The molecular formula is C35H34F3N3O9. The second-order valence-electron chi connectivity index (χ2n) is 13.8. The van der Waals surface area contributed by atoms with Crippen molar-refractivity contribution in [1.29, 1.82) is 0 Å². The number of carbonyl (C=O) groups is 7. The summed E-state index contributed by atoms with van der Waals surface area (Å²) >= 11 is 0. The van der Waals surface area contributed by atoms with E-state index in [0.29, 0.717) is 23.1 Å². The second kappa shape index (κ2) is 12.2. The number of likely N-dealkylation sites (N-methyl/N-ethyl adjacent to an activating group) is 1. The summed E-state index contributed by atoms with van der Waals surface area (Å²) < 4.78 is 39.2. The first kappa shape index (κ1) is 35.1. The lowest BCUT2D eigenvalue weighted by atomic mass is 9.52. The number of hydrogen-bond acceptors (Lipinski definition) is 10. The van der Waals surface area contributed by atoms with Gasteiger partial charge in [-0.05, 0) is 80.6 Å². The highest BCUT2D eigenvalue weighted by molar-refractivity contribution is 6.32. The summed E-state index contributed by atoms with van der Waals surface area (Å²) in [7, 11) is 2.98. The van der Waals surface area contributed by atoms with E-state index in [1.54, 1.807) is 18.2 Å². The Balaban J connectivity index is 1.30. The summed E-state index contributed by atoms with van der Waals surface area (Å²) in [6.45, 7) is 0. The largest absolute Gasteiger partial charge is 0.507 e. The number of nitrogens with two attached hydrogens (primary N) is 1. The van der Waals surface area contributed by atoms with Gasteiger partial charge in [0.15, 0.2) is 34.7 Å². The molecule has 264 valence electrons. The predicted molar refractivity (Wildman–Crippen MR) is 167 cm³/mol. The van der Waals surface area contributed by atoms with E-state index in [9.17, 15) is 56.9 Å². The molecule has 4 aliphatic carbocycles. The Hall–Kier alpha value is -4.76. The number of phenolic OH excluding ortho intramolecular Hbond substituents is 1. The van der Waals surface area contributed by atoms with Crippen LogP contribution in [0.2, 0.25) is 0 Å². The van der Waals surface area contributed by atoms with Crippen molar-refractivity contribution < 1.29 is 56.9 Å². The molecule has 0 saturated heterocycles. The smallest absolute Gasteiger partial charge is 0.450 e. The van der Waals surface area contributed by atoms with E-state index in [1.807, 2.05) is 0 Å². The third kappa shape index (κ3) is 5.34. The van der Waals surface area contributed by atoms with E-state index in [-0.39, 0.29) is 36.9 Å². The molecule has 15 heteroatoms. The number of hydrogen-bond donors (Lipinski definition) is 4. The number of ketones is 5. The van der Waals surface area contributed by atoms with Crippen molar-refractivity contribution in [3.05, 3.63) is 47.5 Å². The number of benzene rings is 2. The number of carbonyl (C=O) groups excluding carboxylic acids is 7. The van der Waals surface area contributed by atoms with Crippen LogP contribution in [0, 0.1) is 35.5 Å². The third-order valence-corrected chi connectivity index (χ3v) is 10.9. The summed E-state index contributed by atoms with van der Waals surface area (Å²) in [5.41, 5.74) is 3.95. The van der Waals surface area contributed by atoms with Crippen molar-refractivity contribution in [2.24, 2.45) is 41.2 Å². The van der Waals surface area contributed by atoms with E-state index >= 15 is 0 Å². The van der Waals surface area contributed by atoms with Gasteiger partial charge in [0.2, 0.25) is 17.6 Å². The molecule has 6 rings (SSSR count). The molecule has 0 aromatic heterocycles. The molecule has 2 aromatic rings. The Morgan fingerprint density at radius 1 is 0.960 bits per heavy atom. The molecule has 50 heavy (non-hydrogen) atoms. The number of rotatable bonds is 6. The van der Waals surface area contributed by atoms with Crippen LogP contribution in [0.1, 0.15) is 41.6 Å². The average Bonchev–Trinajstić information content (AvgIpc) is 3.52. The molecule has 5 N–H and O–H groups in total. The van der Waals surface area contributed by atoms with Crippen LogP contribution in [0.25, 0.3) is 11.1 Å². The van der Waals surface area contributed by atoms with Crippen LogP contribution in [0.3, 0.4) is 0 Å². The summed E-state index contributed by atoms with van der Waals surface area (Å²) in [5, 5.41) is 25.1. The maximum atomic E-state index is 14.0. The van der Waals surface area contributed by atoms with E-state index in [4.69, 9.17) is 5.73 Å². The zero-order chi connectivity index (χ0) is 36.6. The van der Waals surface area contributed by atoms with Gasteiger partial charge in [0, 0.05) is 23.4 Å². The summed E-state index contributed by atoms with van der Waals surface area (Å²) in [6.07, 6.45) is -4.73. The summed E-state index contributed by atoms with van der Waals surface area (Å²) in [4.78, 5) is 93.1. The van der Waals surface area contributed by atoms with Gasteiger partial charge in [0.1, 0.15) is 5.75 Å². The minimum atomic E-state index is -5.04. The first-order valence-corrected chi connectivity index (χ1v) is 16.1. The van der Waals surface area contributed by atoms with Crippen LogP contribution in [-0.4, -0.2) is 87.8 Å². The Morgan fingerprint density at radius 3 is 2.20 bits per heavy atom. The molecule has 0 radical (unpaired) electrons. The first-order valence-electron chi connectivity index (χ1n) is 16.1. The second-order valence-corrected chi connectivity index (χ2v) is 13.8. The number of alkyl halides is 3. The number of nitrogens with zero attached hydrogens (tertiary/aromatic N) is 1. The van der Waals surface area contributed by atoms with Crippen LogP contribution in [0.4, 0.5) is 18.9 Å². The van der Waals surface area contributed by atoms with Crippen molar-refractivity contribution in [3.8, 4) is 16.9 Å². The fourth-order valence-corrected chi connectivity index (χ4v) is 8.64. The third-order valence-electron chi connectivity index (χ3n) is 10.9. The number of phenols is 1. The molecule has 8 atom stereocenters. The number of aromatic hydroxyl groups is 1. The molecular weight excluding hydrogens is 663 g/mol. The minimum absolute atomic E-state index is 0.0321. The molecule has 3 saturated carbocycles. The number of Topliss-reactive ketones (excluding diaryl/α,β-unsaturated/α-hetero) is 5. The normalized spacial score (nSPS) is 30.8. The highest BCUT2D eigenvalue weighted by Gasteiger charge is 2.69. The van der Waals surface area contributed by atoms with E-state index in [1.165, 1.54) is 37.2 Å². The molecule has 4 unspecified atom stereocenters. The van der Waals surface area contributed by atoms with Crippen LogP contribution in [0.15, 0.2) is 36.4 Å². The zero-order valence-corrected chi connectivity index (χ0v) is 27.0. The standard InChI is InChI=1S/C35H34F3N3O9/c1-41(2)26-21-13-15-12-20-17(14-6-8-16(9-7-14)40-33(49)19-5-3-4-18(19)29(45)35(36,37)38)10-11-22(42)24(20)27(43)23(15)30(46)34(21,50)31(47)25(28(26)44)32(39)48/h6-11,15,18-19,21,23,25-26,42,50H,3-5,12-13H2,1-2H3,(H2,39,48)(H,40,49)/t15-,18?,19?,21-,23?,25?,26-,34-/m1/s1. The molecule has 12 nitrogen and oxygen atoms in total. The van der Waals surface area contributed by atoms with E-state index in [2.05, 4.69) is 5.32 Å². The maximum absolute atomic E-state index is 14.0. The van der Waals surface area contributed by atoms with Crippen molar-refractivity contribution in [2.75, 3.05) is 19.4 Å². The van der Waals surface area contributed by atoms with Gasteiger partial charge in [-0.25, -0.2) is 0 Å². The fraction of sp³-hybridized carbons (Fsp3) is 0.457. The quantitative estimate of drug-likeness (QED) is 0.324. The molecule has 2 amide bonds. The number of nitrogens with one attached hydrogen (secondary N) is 1. The molecule has 0 spiro atoms. The van der Waals surface area contributed by atoms with Gasteiger partial charge >= 0.3 is 6.18 Å². The van der Waals surface area contributed by atoms with Gasteiger partial charge in [-0.1, -0.05) is 24.6 Å². The summed E-state index contributed by atoms with van der Waals surface area (Å²) in [5.74, 6) is -16.9. The lowest BCUT2D eigenvalue weighted by Crippen LogP contribution is -2.74. The van der Waals surface area contributed by atoms with Crippen LogP contribution in [-0.2, 0) is 35.2 Å². The number of amides is 2. The molecule has 4 aliphatic rings. The fourth-order valence-electron chi connectivity index (χ4n) is 8.64. The van der Waals surface area contributed by atoms with Crippen molar-refractivity contribution in [2.45, 2.75) is 49.9 Å². The van der Waals surface area contributed by atoms with Gasteiger partial charge in [-0.2, -0.15) is 13.2 Å². The van der Waals surface area contributed by atoms with Gasteiger partial charge in [0.25, 0.3) is 0 Å². The van der Waals surface area contributed by atoms with Crippen LogP contribution < -0.4 is 11.1 Å². The molecule has 0 aliphatic heterocycles. The van der Waals surface area contributed by atoms with E-state index < -0.39 is 99.8 Å². The first-order chi connectivity index (χ1) is 23.4. The highest BCUT2D eigenvalue weighted by atomic mass is 19.4. The Kier molecular flexibility index (Phi) is 8.58. The summed E-state index contributed by atoms with van der Waals surface area (Å²) in [6, 6.07) is 7.72. The Morgan fingerprint density at radius 2 is 1.60 bits per heavy atom. The van der Waals surface area contributed by atoms with Gasteiger partial charge in [-0.15, -0.1) is 0 Å². The topological polar surface area (TPSA) is 201 Å². The number of primary amides is 1. The van der Waals surface area contributed by atoms with Crippen LogP contribution >= 0.6 is 0 Å². The van der Waals surface area contributed by atoms with Crippen LogP contribution in [0.5, 0.6) is 5.75 Å². The average molecular weight is 698 g/mol. The lowest BCUT2D eigenvalue weighted by Gasteiger charge is -2.52. The Bertz CT molecular complexity index is 1860. The molecule has 3 fully saturated rings. The number of anilines is 1. The lowest BCUT2D eigenvalue weighted by molar-refractivity contribution is -0.181. The number of fused-ring (bicyclic) bond motifs is 3. The van der Waals surface area contributed by atoms with Crippen molar-refractivity contribution in [3.63, 3.8) is 0 Å². The highest BCUT2D eigenvalue weighted by Crippen LogP contribution is 2.52. The Labute approximate surface area is 283 Å². The molecule has 2 aromatic carbocycles.